The van der Waals surface area contributed by atoms with Crippen LogP contribution in [0.3, 0.4) is 0 Å². The summed E-state index contributed by atoms with van der Waals surface area (Å²) in [5.41, 5.74) is 2.73. The molecule has 1 heterocycles. The molecule has 1 amide bonds. The minimum Gasteiger partial charge on any atom is -0.493 e. The highest BCUT2D eigenvalue weighted by Gasteiger charge is 2.28. The summed E-state index contributed by atoms with van der Waals surface area (Å²) in [7, 11) is 1.64. The van der Waals surface area contributed by atoms with Crippen LogP contribution < -0.4 is 9.47 Å². The minimum absolute atomic E-state index is 0.0475. The molecule has 0 atom stereocenters. The van der Waals surface area contributed by atoms with Gasteiger partial charge in [0.2, 0.25) is 5.91 Å². The van der Waals surface area contributed by atoms with E-state index in [2.05, 4.69) is 5.16 Å². The molecule has 0 radical (unpaired) electrons. The number of hydrogen-bond donors (Lipinski definition) is 0. The highest BCUT2D eigenvalue weighted by molar-refractivity contribution is 5.79. The fourth-order valence-corrected chi connectivity index (χ4v) is 4.01. The molecule has 0 spiro atoms. The van der Waals surface area contributed by atoms with E-state index in [1.807, 2.05) is 50.8 Å². The molecule has 6 heteroatoms. The Balaban J connectivity index is 1.83. The number of carbonyl (C=O) groups is 1. The molecule has 1 aromatic carbocycles. The molecule has 3 rings (SSSR count). The molecule has 158 valence electrons. The largest absolute Gasteiger partial charge is 0.493 e. The van der Waals surface area contributed by atoms with Crippen LogP contribution in [0.25, 0.3) is 0 Å². The van der Waals surface area contributed by atoms with Crippen LogP contribution in [0, 0.1) is 13.8 Å². The molecule has 1 fully saturated rings. The summed E-state index contributed by atoms with van der Waals surface area (Å²) >= 11 is 0. The van der Waals surface area contributed by atoms with Crippen molar-refractivity contribution in [2.75, 3.05) is 7.11 Å². The molecule has 1 aromatic heterocycles. The summed E-state index contributed by atoms with van der Waals surface area (Å²) in [6, 6.07) is 6.19. The van der Waals surface area contributed by atoms with Crippen molar-refractivity contribution in [3.05, 3.63) is 40.8 Å². The number of methoxy groups -OCH3 is 1. The lowest BCUT2D eigenvalue weighted by atomic mass is 10.1. The minimum atomic E-state index is 0.0475. The highest BCUT2D eigenvalue weighted by Crippen LogP contribution is 2.31. The van der Waals surface area contributed by atoms with E-state index in [4.69, 9.17) is 14.0 Å². The normalized spacial score (nSPS) is 14.4. The zero-order chi connectivity index (χ0) is 21.0. The molecular formula is C23H32N2O4. The number of aromatic nitrogens is 1. The lowest BCUT2D eigenvalue weighted by Gasteiger charge is -2.29. The number of nitrogens with zero attached hydrogens (tertiary/aromatic N) is 2. The highest BCUT2D eigenvalue weighted by atomic mass is 16.5. The fraction of sp³-hybridized carbons (Fsp3) is 0.565. The van der Waals surface area contributed by atoms with Crippen molar-refractivity contribution in [3.63, 3.8) is 0 Å². The van der Waals surface area contributed by atoms with E-state index in [1.54, 1.807) is 7.11 Å². The first-order valence-corrected chi connectivity index (χ1v) is 10.4. The standard InChI is InChI=1S/C23H32N2O4/c1-15(2)28-22-12-18(10-11-21(22)27-5)14-25(19-8-6-7-9-19)23(26)13-20-16(3)24-29-17(20)4/h10-12,15,19H,6-9,13-14H2,1-5H3. The smallest absolute Gasteiger partial charge is 0.227 e. The molecule has 1 aliphatic rings. The Bertz CT molecular complexity index is 818. The number of amides is 1. The Morgan fingerprint density at radius 3 is 2.55 bits per heavy atom. The molecule has 0 bridgehead atoms. The predicted molar refractivity (Wildman–Crippen MR) is 111 cm³/mol. The number of carbonyl (C=O) groups excluding carboxylic acids is 1. The van der Waals surface area contributed by atoms with E-state index in [1.165, 1.54) is 12.8 Å². The molecule has 0 saturated heterocycles. The number of hydrogen-bond acceptors (Lipinski definition) is 5. The van der Waals surface area contributed by atoms with Gasteiger partial charge < -0.3 is 18.9 Å². The third kappa shape index (κ3) is 5.11. The Morgan fingerprint density at radius 2 is 1.97 bits per heavy atom. The maximum atomic E-state index is 13.3. The molecule has 2 aromatic rings. The van der Waals surface area contributed by atoms with E-state index >= 15 is 0 Å². The van der Waals surface area contributed by atoms with Crippen LogP contribution in [0.4, 0.5) is 0 Å². The van der Waals surface area contributed by atoms with Gasteiger partial charge in [0, 0.05) is 18.2 Å². The van der Waals surface area contributed by atoms with Crippen LogP contribution in [0.2, 0.25) is 0 Å². The number of ether oxygens (including phenoxy) is 2. The summed E-state index contributed by atoms with van der Waals surface area (Å²) in [5.74, 6) is 2.26. The van der Waals surface area contributed by atoms with Crippen molar-refractivity contribution >= 4 is 5.91 Å². The quantitative estimate of drug-likeness (QED) is 0.648. The van der Waals surface area contributed by atoms with Crippen LogP contribution in [0.5, 0.6) is 11.5 Å². The van der Waals surface area contributed by atoms with Crippen molar-refractivity contribution in [1.82, 2.24) is 10.1 Å². The molecular weight excluding hydrogens is 368 g/mol. The van der Waals surface area contributed by atoms with Crippen molar-refractivity contribution in [1.29, 1.82) is 0 Å². The van der Waals surface area contributed by atoms with Crippen molar-refractivity contribution < 1.29 is 18.8 Å². The monoisotopic (exact) mass is 400 g/mol. The SMILES string of the molecule is COc1ccc(CN(C(=O)Cc2c(C)noc2C)C2CCCC2)cc1OC(C)C. The second kappa shape index (κ2) is 9.33. The second-order valence-corrected chi connectivity index (χ2v) is 8.09. The molecule has 0 aliphatic heterocycles. The molecule has 0 unspecified atom stereocenters. The van der Waals surface area contributed by atoms with Gasteiger partial charge in [-0.15, -0.1) is 0 Å². The van der Waals surface area contributed by atoms with Gasteiger partial charge in [0.15, 0.2) is 11.5 Å². The average Bonchev–Trinajstić information content (AvgIpc) is 3.31. The van der Waals surface area contributed by atoms with Gasteiger partial charge in [-0.05, 0) is 58.2 Å². The average molecular weight is 401 g/mol. The Morgan fingerprint density at radius 1 is 1.24 bits per heavy atom. The lowest BCUT2D eigenvalue weighted by molar-refractivity contribution is -0.133. The summed E-state index contributed by atoms with van der Waals surface area (Å²) in [5, 5.41) is 3.99. The van der Waals surface area contributed by atoms with Crippen LogP contribution in [0.15, 0.2) is 22.7 Å². The summed E-state index contributed by atoms with van der Waals surface area (Å²) < 4.78 is 16.6. The van der Waals surface area contributed by atoms with Gasteiger partial charge in [-0.3, -0.25) is 4.79 Å². The van der Waals surface area contributed by atoms with Crippen LogP contribution >= 0.6 is 0 Å². The van der Waals surface area contributed by atoms with Gasteiger partial charge in [-0.25, -0.2) is 0 Å². The molecule has 6 nitrogen and oxygen atoms in total. The summed E-state index contributed by atoms with van der Waals surface area (Å²) in [4.78, 5) is 15.3. The first-order valence-electron chi connectivity index (χ1n) is 10.4. The van der Waals surface area contributed by atoms with Crippen molar-refractivity contribution in [2.45, 2.75) is 78.5 Å². The van der Waals surface area contributed by atoms with Gasteiger partial charge >= 0.3 is 0 Å². The van der Waals surface area contributed by atoms with E-state index in [0.717, 1.165) is 35.4 Å². The first kappa shape index (κ1) is 21.2. The molecule has 0 N–H and O–H groups in total. The number of aryl methyl sites for hydroxylation is 2. The summed E-state index contributed by atoms with van der Waals surface area (Å²) in [6.07, 6.45) is 4.82. The molecule has 29 heavy (non-hydrogen) atoms. The third-order valence-electron chi connectivity index (χ3n) is 5.54. The van der Waals surface area contributed by atoms with Crippen molar-refractivity contribution in [3.8, 4) is 11.5 Å². The summed E-state index contributed by atoms with van der Waals surface area (Å²) in [6.45, 7) is 8.29. The Hall–Kier alpha value is -2.50. The van der Waals surface area contributed by atoms with E-state index in [9.17, 15) is 4.79 Å². The zero-order valence-electron chi connectivity index (χ0n) is 18.2. The fourth-order valence-electron chi connectivity index (χ4n) is 4.01. The van der Waals surface area contributed by atoms with Gasteiger partial charge in [-0.2, -0.15) is 0 Å². The number of rotatable bonds is 8. The molecule has 1 saturated carbocycles. The van der Waals surface area contributed by atoms with E-state index in [-0.39, 0.29) is 18.1 Å². The van der Waals surface area contributed by atoms with Crippen LogP contribution in [0.1, 0.15) is 62.1 Å². The zero-order valence-corrected chi connectivity index (χ0v) is 18.2. The Kier molecular flexibility index (Phi) is 6.83. The van der Waals surface area contributed by atoms with Crippen LogP contribution in [-0.4, -0.2) is 35.2 Å². The third-order valence-corrected chi connectivity index (χ3v) is 5.54. The predicted octanol–water partition coefficient (Wildman–Crippen LogP) is 4.60. The van der Waals surface area contributed by atoms with Crippen molar-refractivity contribution in [2.24, 2.45) is 0 Å². The molecule has 1 aliphatic carbocycles. The van der Waals surface area contributed by atoms with Gasteiger partial charge in [0.05, 0.1) is 25.3 Å². The Labute approximate surface area is 173 Å². The lowest BCUT2D eigenvalue weighted by Crippen LogP contribution is -2.39. The van der Waals surface area contributed by atoms with E-state index in [0.29, 0.717) is 24.5 Å². The second-order valence-electron chi connectivity index (χ2n) is 8.09. The van der Waals surface area contributed by atoms with Gasteiger partial charge in [0.1, 0.15) is 5.76 Å². The van der Waals surface area contributed by atoms with Gasteiger partial charge in [0.25, 0.3) is 0 Å². The first-order chi connectivity index (χ1) is 13.9. The van der Waals surface area contributed by atoms with E-state index < -0.39 is 0 Å². The van der Waals surface area contributed by atoms with Crippen LogP contribution in [-0.2, 0) is 17.8 Å². The number of benzene rings is 1. The topological polar surface area (TPSA) is 64.8 Å². The maximum Gasteiger partial charge on any atom is 0.227 e. The maximum absolute atomic E-state index is 13.3. The van der Waals surface area contributed by atoms with Gasteiger partial charge in [-0.1, -0.05) is 24.1 Å².